The summed E-state index contributed by atoms with van der Waals surface area (Å²) >= 11 is 0. The maximum atomic E-state index is 15.9. The summed E-state index contributed by atoms with van der Waals surface area (Å²) in [7, 11) is 0. The van der Waals surface area contributed by atoms with E-state index in [4.69, 9.17) is 5.11 Å². The van der Waals surface area contributed by atoms with Crippen LogP contribution in [0.5, 0.6) is 0 Å². The molecule has 0 saturated heterocycles. The molecule has 166 valence electrons. The summed E-state index contributed by atoms with van der Waals surface area (Å²) in [6.07, 6.45) is 5.11. The molecule has 4 saturated carbocycles. The van der Waals surface area contributed by atoms with E-state index >= 15 is 8.78 Å². The second-order valence-corrected chi connectivity index (χ2v) is 11.3. The first-order valence-corrected chi connectivity index (χ1v) is 11.7. The molecule has 0 heterocycles. The van der Waals surface area contributed by atoms with E-state index in [9.17, 15) is 9.18 Å². The minimum Gasteiger partial charge on any atom is -0.481 e. The second-order valence-electron chi connectivity index (χ2n) is 11.3. The van der Waals surface area contributed by atoms with Crippen LogP contribution < -0.4 is 0 Å². The predicted octanol–water partition coefficient (Wildman–Crippen LogP) is 6.73. The number of alkyl halides is 3. The first-order valence-electron chi connectivity index (χ1n) is 11.7. The Kier molecular flexibility index (Phi) is 5.30. The van der Waals surface area contributed by atoms with Crippen molar-refractivity contribution in [1.29, 1.82) is 0 Å². The van der Waals surface area contributed by atoms with Crippen LogP contribution in [0.25, 0.3) is 0 Å². The van der Waals surface area contributed by atoms with E-state index in [-0.39, 0.29) is 47.8 Å². The highest BCUT2D eigenvalue weighted by atomic mass is 19.3. The van der Waals surface area contributed by atoms with Gasteiger partial charge >= 0.3 is 5.97 Å². The molecule has 4 aliphatic carbocycles. The molecule has 4 rings (SSSR count). The number of fused-ring (bicyclic) bond motifs is 5. The van der Waals surface area contributed by atoms with E-state index in [2.05, 4.69) is 6.92 Å². The smallest absolute Gasteiger partial charge is 0.303 e. The maximum absolute atomic E-state index is 15.9. The van der Waals surface area contributed by atoms with Crippen molar-refractivity contribution in [2.24, 2.45) is 46.3 Å². The van der Waals surface area contributed by atoms with Gasteiger partial charge in [0.05, 0.1) is 0 Å². The number of carbonyl (C=O) groups is 1. The zero-order chi connectivity index (χ0) is 21.2. The lowest BCUT2D eigenvalue weighted by atomic mass is 9.43. The number of aliphatic carboxylic acids is 1. The standard InChI is InChI=1S/C24H37F3O2/c1-14(4-9-21(28)29)18-7-8-19-17-6-5-15-12-16(25)10-11-22(15,2)20(17)13-24(26,27)23(18,19)3/h14-20H,4-13H2,1-3H3,(H,28,29)/t14-,15-,16+,17+,18?,19+,20+,22?,23-/m1/s1. The van der Waals surface area contributed by atoms with Gasteiger partial charge in [-0.3, -0.25) is 4.79 Å². The van der Waals surface area contributed by atoms with Gasteiger partial charge in [-0.05, 0) is 92.3 Å². The van der Waals surface area contributed by atoms with E-state index in [1.54, 1.807) is 0 Å². The third-order valence-corrected chi connectivity index (χ3v) is 10.3. The minimum absolute atomic E-state index is 0.00238. The quantitative estimate of drug-likeness (QED) is 0.554. The van der Waals surface area contributed by atoms with Gasteiger partial charge in [-0.25, -0.2) is 13.2 Å². The van der Waals surface area contributed by atoms with Crippen LogP contribution in [0.3, 0.4) is 0 Å². The number of hydrogen-bond donors (Lipinski definition) is 1. The van der Waals surface area contributed by atoms with E-state index in [0.29, 0.717) is 25.2 Å². The van der Waals surface area contributed by atoms with Crippen LogP contribution >= 0.6 is 0 Å². The lowest BCUT2D eigenvalue weighted by Crippen LogP contribution is -2.61. The van der Waals surface area contributed by atoms with Gasteiger partial charge in [0, 0.05) is 18.3 Å². The summed E-state index contributed by atoms with van der Waals surface area (Å²) in [6.45, 7) is 5.97. The van der Waals surface area contributed by atoms with E-state index < -0.39 is 23.5 Å². The zero-order valence-electron chi connectivity index (χ0n) is 18.1. The molecule has 5 heteroatoms. The summed E-state index contributed by atoms with van der Waals surface area (Å²) in [5.74, 6) is -3.14. The largest absolute Gasteiger partial charge is 0.481 e. The Hall–Kier alpha value is -0.740. The van der Waals surface area contributed by atoms with Crippen LogP contribution in [0, 0.1) is 46.3 Å². The van der Waals surface area contributed by atoms with Gasteiger partial charge in [0.1, 0.15) is 6.17 Å². The summed E-state index contributed by atoms with van der Waals surface area (Å²) in [4.78, 5) is 11.0. The molecule has 0 aromatic rings. The molecule has 0 spiro atoms. The fourth-order valence-electron chi connectivity index (χ4n) is 8.61. The van der Waals surface area contributed by atoms with Crippen LogP contribution in [0.1, 0.15) is 85.0 Å². The van der Waals surface area contributed by atoms with Crippen molar-refractivity contribution < 1.29 is 23.1 Å². The monoisotopic (exact) mass is 414 g/mol. The van der Waals surface area contributed by atoms with Crippen LogP contribution in [0.15, 0.2) is 0 Å². The third-order valence-electron chi connectivity index (χ3n) is 10.3. The van der Waals surface area contributed by atoms with Gasteiger partial charge in [0.25, 0.3) is 5.92 Å². The van der Waals surface area contributed by atoms with E-state index in [0.717, 1.165) is 32.1 Å². The fourth-order valence-corrected chi connectivity index (χ4v) is 8.61. The van der Waals surface area contributed by atoms with E-state index in [1.165, 1.54) is 0 Å². The molecule has 2 unspecified atom stereocenters. The van der Waals surface area contributed by atoms with Crippen molar-refractivity contribution in [1.82, 2.24) is 0 Å². The van der Waals surface area contributed by atoms with Crippen molar-refractivity contribution in [3.05, 3.63) is 0 Å². The minimum atomic E-state index is -2.74. The summed E-state index contributed by atoms with van der Waals surface area (Å²) in [5, 5.41) is 9.04. The molecule has 29 heavy (non-hydrogen) atoms. The van der Waals surface area contributed by atoms with Crippen molar-refractivity contribution in [2.45, 2.75) is 97.1 Å². The number of carboxylic acids is 1. The van der Waals surface area contributed by atoms with Gasteiger partial charge in [0.2, 0.25) is 0 Å². The highest BCUT2D eigenvalue weighted by Gasteiger charge is 2.70. The van der Waals surface area contributed by atoms with Gasteiger partial charge < -0.3 is 5.11 Å². The van der Waals surface area contributed by atoms with Gasteiger partial charge in [0.15, 0.2) is 0 Å². The van der Waals surface area contributed by atoms with Crippen LogP contribution in [-0.2, 0) is 4.79 Å². The molecule has 0 aliphatic heterocycles. The molecule has 4 fully saturated rings. The Morgan fingerprint density at radius 1 is 1.10 bits per heavy atom. The van der Waals surface area contributed by atoms with Gasteiger partial charge in [-0.15, -0.1) is 0 Å². The molecule has 4 aliphatic rings. The number of rotatable bonds is 4. The normalized spacial score (nSPS) is 49.6. The summed E-state index contributed by atoms with van der Waals surface area (Å²) < 4.78 is 45.9. The van der Waals surface area contributed by atoms with Crippen LogP contribution in [0.4, 0.5) is 13.2 Å². The summed E-state index contributed by atoms with van der Waals surface area (Å²) in [6, 6.07) is 0. The maximum Gasteiger partial charge on any atom is 0.303 e. The number of carboxylic acid groups (broad SMARTS) is 1. The second kappa shape index (κ2) is 7.15. The Morgan fingerprint density at radius 2 is 1.83 bits per heavy atom. The lowest BCUT2D eigenvalue weighted by Gasteiger charge is -2.63. The highest BCUT2D eigenvalue weighted by molar-refractivity contribution is 5.66. The van der Waals surface area contributed by atoms with Crippen LogP contribution in [0.2, 0.25) is 0 Å². The number of halogens is 3. The number of hydrogen-bond acceptors (Lipinski definition) is 1. The molecule has 0 radical (unpaired) electrons. The van der Waals surface area contributed by atoms with Crippen molar-refractivity contribution in [3.8, 4) is 0 Å². The lowest BCUT2D eigenvalue weighted by molar-refractivity contribution is -0.245. The first kappa shape index (κ1) is 21.5. The molecular weight excluding hydrogens is 377 g/mol. The fraction of sp³-hybridized carbons (Fsp3) is 0.958. The average molecular weight is 415 g/mol. The van der Waals surface area contributed by atoms with E-state index in [1.807, 2.05) is 13.8 Å². The zero-order valence-corrected chi connectivity index (χ0v) is 18.1. The third kappa shape index (κ3) is 3.15. The van der Waals surface area contributed by atoms with Gasteiger partial charge in [-0.1, -0.05) is 20.8 Å². The molecule has 0 aromatic heterocycles. The van der Waals surface area contributed by atoms with Crippen LogP contribution in [-0.4, -0.2) is 23.2 Å². The molecule has 0 aromatic carbocycles. The Labute approximate surface area is 173 Å². The average Bonchev–Trinajstić information content (AvgIpc) is 3.00. The van der Waals surface area contributed by atoms with Crippen molar-refractivity contribution in [3.63, 3.8) is 0 Å². The predicted molar refractivity (Wildman–Crippen MR) is 106 cm³/mol. The molecule has 2 nitrogen and oxygen atoms in total. The molecule has 9 atom stereocenters. The molecular formula is C24H37F3O2. The topological polar surface area (TPSA) is 37.3 Å². The molecule has 0 amide bonds. The Bertz CT molecular complexity index is 652. The first-order chi connectivity index (χ1) is 13.5. The molecule has 0 bridgehead atoms. The Balaban J connectivity index is 1.62. The van der Waals surface area contributed by atoms with Crippen molar-refractivity contribution >= 4 is 5.97 Å². The van der Waals surface area contributed by atoms with Gasteiger partial charge in [-0.2, -0.15) is 0 Å². The molecule has 1 N–H and O–H groups in total. The SMILES string of the molecule is C[C@H](CCC(=O)O)C1CC[C@H]2[C@@H]3CC[C@@H]4C[C@@H](F)CCC4(C)[C@H]3CC(F)(F)[C@]12C. The summed E-state index contributed by atoms with van der Waals surface area (Å²) in [5.41, 5.74) is -1.18. The highest BCUT2D eigenvalue weighted by Crippen LogP contribution is 2.72. The van der Waals surface area contributed by atoms with Crippen molar-refractivity contribution in [2.75, 3.05) is 0 Å². The Morgan fingerprint density at radius 3 is 2.52 bits per heavy atom.